The van der Waals surface area contributed by atoms with Gasteiger partial charge >= 0.3 is 6.08 Å². The first kappa shape index (κ1) is 8.13. The molecule has 5 nitrogen and oxygen atoms in total. The molecule has 1 atom stereocenters. The van der Waals surface area contributed by atoms with Gasteiger partial charge in [0.15, 0.2) is 0 Å². The average molecular weight is 150 g/mol. The number of ether oxygens (including phenoxy) is 1. The third-order valence-electron chi connectivity index (χ3n) is 0.445. The Kier molecular flexibility index (Phi) is 3.66. The van der Waals surface area contributed by atoms with E-state index in [1.807, 2.05) is 0 Å². The summed E-state index contributed by atoms with van der Waals surface area (Å²) in [7, 11) is 1.24. The van der Waals surface area contributed by atoms with Crippen molar-refractivity contribution in [3.05, 3.63) is 5.53 Å². The van der Waals surface area contributed by atoms with Crippen LogP contribution >= 0.6 is 0 Å². The third kappa shape index (κ3) is 3.69. The molecule has 0 radical (unpaired) electrons. The van der Waals surface area contributed by atoms with E-state index in [9.17, 15) is 4.21 Å². The highest BCUT2D eigenvalue weighted by Crippen LogP contribution is 1.80. The van der Waals surface area contributed by atoms with Gasteiger partial charge in [0.1, 0.15) is 0 Å². The highest BCUT2D eigenvalue weighted by Gasteiger charge is 2.09. The van der Waals surface area contributed by atoms with Crippen LogP contribution in [-0.2, 0) is 20.0 Å². The van der Waals surface area contributed by atoms with E-state index < -0.39 is 17.2 Å². The van der Waals surface area contributed by atoms with Gasteiger partial charge in [-0.05, 0) is 0 Å². The molecule has 0 aliphatic carbocycles. The SMILES string of the molecule is COC(=[N+]=[N-])OS(C)=O. The fourth-order valence-electron chi connectivity index (χ4n) is 0.192. The van der Waals surface area contributed by atoms with Crippen LogP contribution in [0.5, 0.6) is 0 Å². The fourth-order valence-corrected chi connectivity index (χ4v) is 0.494. The van der Waals surface area contributed by atoms with Crippen molar-refractivity contribution in [1.82, 2.24) is 0 Å². The Balaban J connectivity index is 3.87. The number of hydrogen-bond donors (Lipinski definition) is 0. The van der Waals surface area contributed by atoms with E-state index in [1.165, 1.54) is 13.4 Å². The highest BCUT2D eigenvalue weighted by atomic mass is 32.2. The maximum absolute atomic E-state index is 10.2. The Labute approximate surface area is 54.9 Å². The Hall–Kier alpha value is -0.870. The molecule has 0 aromatic carbocycles. The lowest BCUT2D eigenvalue weighted by Gasteiger charge is -1.89. The molecule has 0 spiro atoms. The second-order valence-electron chi connectivity index (χ2n) is 1.05. The van der Waals surface area contributed by atoms with Crippen molar-refractivity contribution >= 4 is 17.2 Å². The number of nitrogens with zero attached hydrogens (tertiary/aromatic N) is 2. The molecule has 0 aliphatic heterocycles. The van der Waals surface area contributed by atoms with E-state index in [-0.39, 0.29) is 0 Å². The standard InChI is InChI=1S/C3H6N2O3S/c1-7-3(5-4)8-9(2)6/h1-2H3. The molecule has 0 heterocycles. The summed E-state index contributed by atoms with van der Waals surface area (Å²) in [5.74, 6) is 0. The van der Waals surface area contributed by atoms with Crippen molar-refractivity contribution in [2.75, 3.05) is 13.4 Å². The molecule has 0 saturated carbocycles. The molecule has 6 heteroatoms. The summed E-state index contributed by atoms with van der Waals surface area (Å²) in [4.78, 5) is 2.53. The maximum atomic E-state index is 10.2. The minimum absolute atomic E-state index is 0.407. The third-order valence-corrected chi connectivity index (χ3v) is 0.822. The van der Waals surface area contributed by atoms with Crippen LogP contribution in [0.3, 0.4) is 0 Å². The second-order valence-corrected chi connectivity index (χ2v) is 2.02. The largest absolute Gasteiger partial charge is 0.681 e. The lowest BCUT2D eigenvalue weighted by atomic mass is 11.3. The predicted molar refractivity (Wildman–Crippen MR) is 30.8 cm³/mol. The van der Waals surface area contributed by atoms with Crippen LogP contribution in [0.4, 0.5) is 0 Å². The van der Waals surface area contributed by atoms with Gasteiger partial charge < -0.3 is 10.3 Å². The second kappa shape index (κ2) is 4.05. The zero-order valence-electron chi connectivity index (χ0n) is 5.03. The number of hydrogen-bond acceptors (Lipinski definition) is 3. The van der Waals surface area contributed by atoms with Crippen molar-refractivity contribution in [3.63, 3.8) is 0 Å². The van der Waals surface area contributed by atoms with Gasteiger partial charge in [0, 0.05) is 6.26 Å². The summed E-state index contributed by atoms with van der Waals surface area (Å²) < 4.78 is 18.8. The number of rotatable bonds is 1. The van der Waals surface area contributed by atoms with Gasteiger partial charge in [0.05, 0.1) is 7.11 Å². The van der Waals surface area contributed by atoms with Gasteiger partial charge in [-0.1, -0.05) is 4.79 Å². The molecule has 0 fully saturated rings. The van der Waals surface area contributed by atoms with Crippen molar-refractivity contribution < 1.29 is 17.9 Å². The fraction of sp³-hybridized carbons (Fsp3) is 0.667. The molecule has 0 saturated heterocycles. The molecule has 0 rings (SSSR count). The van der Waals surface area contributed by atoms with Gasteiger partial charge in [-0.3, -0.25) is 4.18 Å². The first-order valence-electron chi connectivity index (χ1n) is 1.98. The van der Waals surface area contributed by atoms with E-state index >= 15 is 0 Å². The Morgan fingerprint density at radius 2 is 2.33 bits per heavy atom. The van der Waals surface area contributed by atoms with Crippen LogP contribution in [-0.4, -0.2) is 28.4 Å². The molecule has 0 aromatic rings. The van der Waals surface area contributed by atoms with Crippen LogP contribution in [0.1, 0.15) is 0 Å². The Morgan fingerprint density at radius 3 is 2.44 bits per heavy atom. The van der Waals surface area contributed by atoms with Crippen molar-refractivity contribution in [2.24, 2.45) is 0 Å². The molecule has 0 N–H and O–H groups in total. The molecule has 9 heavy (non-hydrogen) atoms. The quantitative estimate of drug-likeness (QED) is 0.219. The molecule has 1 unspecified atom stereocenters. The highest BCUT2D eigenvalue weighted by molar-refractivity contribution is 7.79. The molecule has 0 aliphatic rings. The van der Waals surface area contributed by atoms with Crippen LogP contribution in [0.2, 0.25) is 0 Å². The maximum Gasteiger partial charge on any atom is 0.681 e. The number of methoxy groups -OCH3 is 1. The van der Waals surface area contributed by atoms with E-state index in [4.69, 9.17) is 5.53 Å². The lowest BCUT2D eigenvalue weighted by Crippen LogP contribution is -2.09. The molecule has 52 valence electrons. The van der Waals surface area contributed by atoms with Crippen molar-refractivity contribution in [1.29, 1.82) is 0 Å². The van der Waals surface area contributed by atoms with Crippen LogP contribution in [0.25, 0.3) is 5.53 Å². The minimum Gasteiger partial charge on any atom is -0.404 e. The van der Waals surface area contributed by atoms with Gasteiger partial charge in [-0.15, -0.1) is 0 Å². The summed E-state index contributed by atoms with van der Waals surface area (Å²) in [6, 6.07) is 0. The van der Waals surface area contributed by atoms with Crippen LogP contribution < -0.4 is 0 Å². The van der Waals surface area contributed by atoms with Crippen LogP contribution in [0.15, 0.2) is 0 Å². The lowest BCUT2D eigenvalue weighted by molar-refractivity contribution is -0.0631. The van der Waals surface area contributed by atoms with Crippen molar-refractivity contribution in [3.8, 4) is 0 Å². The van der Waals surface area contributed by atoms with Crippen molar-refractivity contribution in [2.45, 2.75) is 0 Å². The van der Waals surface area contributed by atoms with E-state index in [2.05, 4.69) is 13.7 Å². The smallest absolute Gasteiger partial charge is 0.404 e. The zero-order chi connectivity index (χ0) is 7.28. The van der Waals surface area contributed by atoms with Crippen LogP contribution in [0, 0.1) is 0 Å². The molecule has 0 aromatic heterocycles. The van der Waals surface area contributed by atoms with Gasteiger partial charge in [0.25, 0.3) is 0 Å². The average Bonchev–Trinajstić information content (AvgIpc) is 1.82. The summed E-state index contributed by atoms with van der Waals surface area (Å²) in [6.45, 7) is 0. The molecular formula is C3H6N2O3S. The van der Waals surface area contributed by atoms with Gasteiger partial charge in [0.2, 0.25) is 11.1 Å². The van der Waals surface area contributed by atoms with E-state index in [1.54, 1.807) is 0 Å². The summed E-state index contributed by atoms with van der Waals surface area (Å²) >= 11 is -1.51. The first-order valence-corrected chi connectivity index (χ1v) is 3.46. The van der Waals surface area contributed by atoms with E-state index in [0.717, 1.165) is 0 Å². The zero-order valence-corrected chi connectivity index (χ0v) is 5.84. The molecule has 0 amide bonds. The normalized spacial score (nSPS) is 11.3. The molecule has 0 bridgehead atoms. The summed E-state index contributed by atoms with van der Waals surface area (Å²) in [6.07, 6.45) is 0.875. The Morgan fingerprint density at radius 1 is 1.78 bits per heavy atom. The molecular weight excluding hydrogens is 144 g/mol. The van der Waals surface area contributed by atoms with Gasteiger partial charge in [-0.25, -0.2) is 4.21 Å². The van der Waals surface area contributed by atoms with E-state index in [0.29, 0.717) is 0 Å². The summed E-state index contributed by atoms with van der Waals surface area (Å²) in [5, 5.41) is 0. The summed E-state index contributed by atoms with van der Waals surface area (Å²) in [5.41, 5.74) is 7.98. The topological polar surface area (TPSA) is 71.9 Å². The first-order chi connectivity index (χ1) is 4.20. The monoisotopic (exact) mass is 150 g/mol. The van der Waals surface area contributed by atoms with Gasteiger partial charge in [-0.2, -0.15) is 0 Å². The predicted octanol–water partition coefficient (Wildman–Crippen LogP) is -0.471. The minimum atomic E-state index is -1.51. The Bertz CT molecular complexity index is 162.